The van der Waals surface area contributed by atoms with Gasteiger partial charge in [-0.05, 0) is 20.8 Å². The van der Waals surface area contributed by atoms with E-state index in [2.05, 4.69) is 28.0 Å². The lowest BCUT2D eigenvalue weighted by Crippen LogP contribution is -2.52. The molecule has 0 aliphatic carbocycles. The zero-order chi connectivity index (χ0) is 20.0. The number of aliphatic hydroxyl groups excluding tert-OH is 2. The summed E-state index contributed by atoms with van der Waals surface area (Å²) in [6, 6.07) is 0. The molecule has 4 N–H and O–H groups in total. The Kier molecular flexibility index (Phi) is 5.06. The summed E-state index contributed by atoms with van der Waals surface area (Å²) in [6.45, 7) is 9.33. The second-order valence-electron chi connectivity index (χ2n) is 8.24. The summed E-state index contributed by atoms with van der Waals surface area (Å²) >= 11 is 0. The molecule has 1 fully saturated rings. The van der Waals surface area contributed by atoms with Crippen molar-refractivity contribution in [3.05, 3.63) is 12.7 Å². The topological polar surface area (TPSA) is 129 Å². The molecule has 149 valence electrons. The van der Waals surface area contributed by atoms with Crippen LogP contribution in [0.3, 0.4) is 0 Å². The molecule has 0 bridgehead atoms. The highest BCUT2D eigenvalue weighted by Gasteiger charge is 2.60. The Balaban J connectivity index is 2.15. The molecule has 3 heterocycles. The molecule has 0 aromatic carbocycles. The van der Waals surface area contributed by atoms with E-state index in [0.717, 1.165) is 0 Å². The highest BCUT2D eigenvalue weighted by atomic mass is 28.3. The number of aromatic nitrogens is 4. The standard InChI is InChI=1S/C17H28N5O4Si/c1-15(2,3)25-11-6-17(27(4)5,26-16(11,7-23)8-24)22-10-21-12-13(18)19-9-20-14(12)22/h9-11,23-24H,6-8H2,1-5H3,(H2,18,19,20)/t11-,17-/m0/s1. The highest BCUT2D eigenvalue weighted by Crippen LogP contribution is 2.46. The van der Waals surface area contributed by atoms with E-state index >= 15 is 0 Å². The number of aliphatic hydroxyl groups is 2. The number of nitrogens with two attached hydrogens (primary N) is 1. The molecule has 1 radical (unpaired) electrons. The Bertz CT molecular complexity index is 817. The van der Waals surface area contributed by atoms with E-state index in [1.165, 1.54) is 6.33 Å². The minimum atomic E-state index is -1.22. The lowest BCUT2D eigenvalue weighted by atomic mass is 9.97. The van der Waals surface area contributed by atoms with E-state index in [1.807, 2.05) is 25.3 Å². The van der Waals surface area contributed by atoms with Crippen molar-refractivity contribution < 1.29 is 19.7 Å². The quantitative estimate of drug-likeness (QED) is 0.632. The van der Waals surface area contributed by atoms with E-state index in [-0.39, 0.29) is 13.2 Å². The van der Waals surface area contributed by atoms with Crippen LogP contribution in [0.2, 0.25) is 13.1 Å². The molecule has 1 aliphatic heterocycles. The predicted octanol–water partition coefficient (Wildman–Crippen LogP) is 0.682. The van der Waals surface area contributed by atoms with Crippen LogP contribution < -0.4 is 5.73 Å². The van der Waals surface area contributed by atoms with Crippen LogP contribution in [-0.4, -0.2) is 69.0 Å². The molecular formula is C17H28N5O4Si. The number of imidazole rings is 1. The van der Waals surface area contributed by atoms with Crippen molar-refractivity contribution in [1.29, 1.82) is 0 Å². The van der Waals surface area contributed by atoms with Gasteiger partial charge in [-0.15, -0.1) is 0 Å². The van der Waals surface area contributed by atoms with Crippen molar-refractivity contribution in [2.75, 3.05) is 18.9 Å². The first-order valence-corrected chi connectivity index (χ1v) is 11.4. The molecule has 1 saturated heterocycles. The summed E-state index contributed by atoms with van der Waals surface area (Å²) < 4.78 is 14.6. The van der Waals surface area contributed by atoms with Crippen LogP contribution in [0.15, 0.2) is 12.7 Å². The minimum Gasteiger partial charge on any atom is -0.393 e. The van der Waals surface area contributed by atoms with Gasteiger partial charge in [0.25, 0.3) is 0 Å². The maximum Gasteiger partial charge on any atom is 0.167 e. The summed E-state index contributed by atoms with van der Waals surface area (Å²) in [5, 5.41) is 19.4. The monoisotopic (exact) mass is 394 g/mol. The third-order valence-electron chi connectivity index (χ3n) is 4.98. The molecular weight excluding hydrogens is 366 g/mol. The van der Waals surface area contributed by atoms with Gasteiger partial charge >= 0.3 is 0 Å². The Morgan fingerprint density at radius 1 is 1.30 bits per heavy atom. The van der Waals surface area contributed by atoms with E-state index < -0.39 is 31.5 Å². The van der Waals surface area contributed by atoms with Gasteiger partial charge in [0.2, 0.25) is 0 Å². The summed E-state index contributed by atoms with van der Waals surface area (Å²) in [4.78, 5) is 12.7. The second-order valence-corrected chi connectivity index (χ2v) is 11.0. The fourth-order valence-electron chi connectivity index (χ4n) is 3.59. The molecule has 1 aliphatic rings. The molecule has 9 nitrogen and oxygen atoms in total. The van der Waals surface area contributed by atoms with Gasteiger partial charge < -0.3 is 25.4 Å². The van der Waals surface area contributed by atoms with Crippen molar-refractivity contribution in [1.82, 2.24) is 19.5 Å². The van der Waals surface area contributed by atoms with E-state index in [0.29, 0.717) is 23.4 Å². The summed E-state index contributed by atoms with van der Waals surface area (Å²) in [6.07, 6.45) is 3.00. The SMILES string of the molecule is C[Si](C)[C@]1(n2cnc3c(N)ncnc32)C[C@H](OC(C)(C)C)C(CO)(CO)O1. The smallest absolute Gasteiger partial charge is 0.167 e. The number of fused-ring (bicyclic) bond motifs is 1. The summed E-state index contributed by atoms with van der Waals surface area (Å²) in [5.74, 6) is 0.297. The number of hydrogen-bond donors (Lipinski definition) is 3. The van der Waals surface area contributed by atoms with Crippen molar-refractivity contribution in [3.63, 3.8) is 0 Å². The fraction of sp³-hybridized carbons (Fsp3) is 0.706. The molecule has 10 heteroatoms. The molecule has 0 saturated carbocycles. The second kappa shape index (κ2) is 6.78. The fourth-order valence-corrected chi connectivity index (χ4v) is 5.23. The Hall–Kier alpha value is -1.59. The van der Waals surface area contributed by atoms with Crippen LogP contribution in [0, 0.1) is 0 Å². The largest absolute Gasteiger partial charge is 0.393 e. The summed E-state index contributed by atoms with van der Waals surface area (Å²) in [5.41, 5.74) is 5.33. The van der Waals surface area contributed by atoms with Crippen molar-refractivity contribution in [2.45, 2.75) is 62.9 Å². The van der Waals surface area contributed by atoms with Crippen LogP contribution >= 0.6 is 0 Å². The Morgan fingerprint density at radius 2 is 1.96 bits per heavy atom. The van der Waals surface area contributed by atoms with Crippen LogP contribution in [0.25, 0.3) is 11.2 Å². The van der Waals surface area contributed by atoms with Gasteiger partial charge in [0.15, 0.2) is 11.5 Å². The number of ether oxygens (including phenoxy) is 2. The van der Waals surface area contributed by atoms with Gasteiger partial charge in [-0.25, -0.2) is 15.0 Å². The minimum absolute atomic E-state index is 0.297. The van der Waals surface area contributed by atoms with E-state index in [1.54, 1.807) is 6.33 Å². The highest BCUT2D eigenvalue weighted by molar-refractivity contribution is 6.58. The van der Waals surface area contributed by atoms with Gasteiger partial charge in [0.1, 0.15) is 31.6 Å². The molecule has 2 atom stereocenters. The number of nitrogens with zero attached hydrogens (tertiary/aromatic N) is 4. The lowest BCUT2D eigenvalue weighted by Gasteiger charge is -2.37. The zero-order valence-corrected chi connectivity index (χ0v) is 17.4. The molecule has 3 rings (SSSR count). The molecule has 27 heavy (non-hydrogen) atoms. The maximum atomic E-state index is 10.1. The molecule has 2 aromatic rings. The molecule has 0 spiro atoms. The Morgan fingerprint density at radius 3 is 2.52 bits per heavy atom. The first kappa shape index (κ1) is 20.1. The van der Waals surface area contributed by atoms with Gasteiger partial charge in [0, 0.05) is 6.42 Å². The van der Waals surface area contributed by atoms with E-state index in [9.17, 15) is 10.2 Å². The number of nitrogen functional groups attached to an aromatic ring is 1. The van der Waals surface area contributed by atoms with Crippen molar-refractivity contribution in [3.8, 4) is 0 Å². The zero-order valence-electron chi connectivity index (χ0n) is 16.4. The lowest BCUT2D eigenvalue weighted by molar-refractivity contribution is -0.191. The summed E-state index contributed by atoms with van der Waals surface area (Å²) in [7, 11) is -1.18. The van der Waals surface area contributed by atoms with Crippen LogP contribution in [0.5, 0.6) is 0 Å². The number of anilines is 1. The number of rotatable bonds is 5. The average molecular weight is 395 g/mol. The van der Waals surface area contributed by atoms with Crippen molar-refractivity contribution >= 4 is 25.8 Å². The van der Waals surface area contributed by atoms with E-state index in [4.69, 9.17) is 15.2 Å². The number of hydrogen-bond acceptors (Lipinski definition) is 8. The normalized spacial score (nSPS) is 25.6. The predicted molar refractivity (Wildman–Crippen MR) is 102 cm³/mol. The first-order valence-electron chi connectivity index (χ1n) is 8.93. The average Bonchev–Trinajstić information content (AvgIpc) is 3.15. The first-order chi connectivity index (χ1) is 12.6. The third kappa shape index (κ3) is 3.25. The van der Waals surface area contributed by atoms with Crippen molar-refractivity contribution in [2.24, 2.45) is 0 Å². The van der Waals surface area contributed by atoms with Gasteiger partial charge in [-0.1, -0.05) is 13.1 Å². The van der Waals surface area contributed by atoms with Crippen LogP contribution in [-0.2, 0) is 14.8 Å². The van der Waals surface area contributed by atoms with Gasteiger partial charge in [-0.2, -0.15) is 0 Å². The molecule has 0 unspecified atom stereocenters. The molecule has 0 amide bonds. The van der Waals surface area contributed by atoms with Gasteiger partial charge in [0.05, 0.1) is 31.2 Å². The third-order valence-corrected chi connectivity index (χ3v) is 7.09. The van der Waals surface area contributed by atoms with Crippen LogP contribution in [0.1, 0.15) is 27.2 Å². The van der Waals surface area contributed by atoms with Crippen LogP contribution in [0.4, 0.5) is 5.82 Å². The Labute approximate surface area is 160 Å². The molecule has 2 aromatic heterocycles. The van der Waals surface area contributed by atoms with Gasteiger partial charge in [-0.3, -0.25) is 4.57 Å². The maximum absolute atomic E-state index is 10.1.